The lowest BCUT2D eigenvalue weighted by Gasteiger charge is -2.28. The molecule has 1 heterocycles. The van der Waals surface area contributed by atoms with E-state index in [2.05, 4.69) is 17.4 Å². The van der Waals surface area contributed by atoms with Gasteiger partial charge in [0, 0.05) is 11.4 Å². The highest BCUT2D eigenvalue weighted by Gasteiger charge is 2.18. The molecule has 0 bridgehead atoms. The molecule has 2 N–H and O–H groups in total. The molecule has 3 rings (SSSR count). The summed E-state index contributed by atoms with van der Waals surface area (Å²) in [5.74, 6) is 0.396. The van der Waals surface area contributed by atoms with Crippen molar-refractivity contribution in [2.75, 3.05) is 6.54 Å². The highest BCUT2D eigenvalue weighted by atomic mass is 16.3. The SMILES string of the molecule is Oc1cccc2cccc(C[C@H]3CCN3)c12. The Balaban J connectivity index is 2.08. The highest BCUT2D eigenvalue weighted by Crippen LogP contribution is 2.29. The van der Waals surface area contributed by atoms with Crippen LogP contribution in [-0.4, -0.2) is 17.7 Å². The molecule has 1 atom stereocenters. The number of hydrogen-bond donors (Lipinski definition) is 2. The lowest BCUT2D eigenvalue weighted by atomic mass is 9.94. The van der Waals surface area contributed by atoms with Crippen molar-refractivity contribution >= 4 is 10.8 Å². The minimum absolute atomic E-state index is 0.396. The second-order valence-electron chi connectivity index (χ2n) is 4.44. The number of phenolic OH excluding ortho intramolecular Hbond substituents is 1. The molecule has 1 saturated heterocycles. The molecule has 82 valence electrons. The second-order valence-corrected chi connectivity index (χ2v) is 4.44. The molecule has 2 aromatic carbocycles. The van der Waals surface area contributed by atoms with Crippen molar-refractivity contribution in [3.05, 3.63) is 42.0 Å². The Hall–Kier alpha value is -1.54. The summed E-state index contributed by atoms with van der Waals surface area (Å²) in [6.07, 6.45) is 2.25. The molecular formula is C14H15NO. The van der Waals surface area contributed by atoms with Crippen molar-refractivity contribution < 1.29 is 5.11 Å². The molecule has 2 nitrogen and oxygen atoms in total. The third kappa shape index (κ3) is 1.55. The molecule has 1 aliphatic rings. The molecule has 1 fully saturated rings. The summed E-state index contributed by atoms with van der Waals surface area (Å²) < 4.78 is 0. The van der Waals surface area contributed by atoms with E-state index in [1.165, 1.54) is 12.0 Å². The molecular weight excluding hydrogens is 198 g/mol. The van der Waals surface area contributed by atoms with Crippen molar-refractivity contribution in [3.8, 4) is 5.75 Å². The van der Waals surface area contributed by atoms with E-state index in [1.54, 1.807) is 6.07 Å². The predicted molar refractivity (Wildman–Crippen MR) is 65.7 cm³/mol. The van der Waals surface area contributed by atoms with E-state index in [4.69, 9.17) is 0 Å². The smallest absolute Gasteiger partial charge is 0.123 e. The van der Waals surface area contributed by atoms with Gasteiger partial charge in [-0.05, 0) is 36.4 Å². The summed E-state index contributed by atoms with van der Waals surface area (Å²) >= 11 is 0. The van der Waals surface area contributed by atoms with Gasteiger partial charge in [0.15, 0.2) is 0 Å². The molecule has 0 unspecified atom stereocenters. The maximum atomic E-state index is 9.94. The molecule has 0 spiro atoms. The van der Waals surface area contributed by atoms with E-state index in [-0.39, 0.29) is 0 Å². The zero-order chi connectivity index (χ0) is 11.0. The standard InChI is InChI=1S/C14H15NO/c16-13-6-2-4-10-3-1-5-11(14(10)13)9-12-7-8-15-12/h1-6,12,15-16H,7-9H2/t12-/m1/s1. The predicted octanol–water partition coefficient (Wildman–Crippen LogP) is 2.45. The van der Waals surface area contributed by atoms with Gasteiger partial charge in [0.05, 0.1) is 0 Å². The minimum Gasteiger partial charge on any atom is -0.507 e. The lowest BCUT2D eigenvalue weighted by Crippen LogP contribution is -2.44. The van der Waals surface area contributed by atoms with Crippen LogP contribution in [0.2, 0.25) is 0 Å². The summed E-state index contributed by atoms with van der Waals surface area (Å²) in [6.45, 7) is 1.13. The van der Waals surface area contributed by atoms with Gasteiger partial charge in [-0.15, -0.1) is 0 Å². The molecule has 0 aromatic heterocycles. The third-order valence-corrected chi connectivity index (χ3v) is 3.36. The molecule has 1 aliphatic heterocycles. The van der Waals surface area contributed by atoms with Gasteiger partial charge in [-0.3, -0.25) is 0 Å². The zero-order valence-electron chi connectivity index (χ0n) is 9.11. The number of phenols is 1. The van der Waals surface area contributed by atoms with Crippen LogP contribution >= 0.6 is 0 Å². The van der Waals surface area contributed by atoms with Crippen molar-refractivity contribution in [1.82, 2.24) is 5.32 Å². The summed E-state index contributed by atoms with van der Waals surface area (Å²) in [6, 6.07) is 12.5. The van der Waals surface area contributed by atoms with Crippen LogP contribution in [0.5, 0.6) is 5.75 Å². The highest BCUT2D eigenvalue weighted by molar-refractivity contribution is 5.91. The average Bonchev–Trinajstić information content (AvgIpc) is 2.24. The maximum Gasteiger partial charge on any atom is 0.123 e. The molecule has 2 aromatic rings. The second kappa shape index (κ2) is 3.80. The Kier molecular flexibility index (Phi) is 2.29. The Morgan fingerprint density at radius 3 is 2.62 bits per heavy atom. The van der Waals surface area contributed by atoms with Gasteiger partial charge in [-0.2, -0.15) is 0 Å². The summed E-state index contributed by atoms with van der Waals surface area (Å²) in [7, 11) is 0. The van der Waals surface area contributed by atoms with Crippen LogP contribution in [0.3, 0.4) is 0 Å². The first-order valence-electron chi connectivity index (χ1n) is 5.77. The van der Waals surface area contributed by atoms with Crippen molar-refractivity contribution in [1.29, 1.82) is 0 Å². The monoisotopic (exact) mass is 213 g/mol. The van der Waals surface area contributed by atoms with E-state index >= 15 is 0 Å². The number of rotatable bonds is 2. The fourth-order valence-corrected chi connectivity index (χ4v) is 2.36. The van der Waals surface area contributed by atoms with Gasteiger partial charge in [-0.1, -0.05) is 30.3 Å². The molecule has 0 aliphatic carbocycles. The topological polar surface area (TPSA) is 32.3 Å². The Labute approximate surface area is 94.9 Å². The van der Waals surface area contributed by atoms with Gasteiger partial charge >= 0.3 is 0 Å². The Morgan fingerprint density at radius 2 is 1.94 bits per heavy atom. The normalized spacial score (nSPS) is 19.6. The molecule has 16 heavy (non-hydrogen) atoms. The van der Waals surface area contributed by atoms with E-state index in [0.717, 1.165) is 23.7 Å². The van der Waals surface area contributed by atoms with Gasteiger partial charge in [0.2, 0.25) is 0 Å². The quantitative estimate of drug-likeness (QED) is 0.803. The fraction of sp³-hybridized carbons (Fsp3) is 0.286. The summed E-state index contributed by atoms with van der Waals surface area (Å²) in [5, 5.41) is 15.5. The van der Waals surface area contributed by atoms with Crippen LogP contribution in [0.15, 0.2) is 36.4 Å². The van der Waals surface area contributed by atoms with E-state index in [1.807, 2.05) is 18.2 Å². The third-order valence-electron chi connectivity index (χ3n) is 3.36. The van der Waals surface area contributed by atoms with Gasteiger partial charge in [-0.25, -0.2) is 0 Å². The first-order valence-corrected chi connectivity index (χ1v) is 5.77. The van der Waals surface area contributed by atoms with Crippen molar-refractivity contribution in [3.63, 3.8) is 0 Å². The largest absolute Gasteiger partial charge is 0.507 e. The number of hydrogen-bond acceptors (Lipinski definition) is 2. The van der Waals surface area contributed by atoms with E-state index in [9.17, 15) is 5.11 Å². The van der Waals surface area contributed by atoms with Crippen LogP contribution < -0.4 is 5.32 Å². The summed E-state index contributed by atoms with van der Waals surface area (Å²) in [4.78, 5) is 0. The number of fused-ring (bicyclic) bond motifs is 1. The average molecular weight is 213 g/mol. The van der Waals surface area contributed by atoms with Crippen LogP contribution in [-0.2, 0) is 6.42 Å². The van der Waals surface area contributed by atoms with E-state index < -0.39 is 0 Å². The Morgan fingerprint density at radius 1 is 1.19 bits per heavy atom. The molecule has 0 radical (unpaired) electrons. The zero-order valence-corrected chi connectivity index (χ0v) is 9.11. The lowest BCUT2D eigenvalue weighted by molar-refractivity contribution is 0.370. The van der Waals surface area contributed by atoms with Crippen LogP contribution in [0.1, 0.15) is 12.0 Å². The van der Waals surface area contributed by atoms with Gasteiger partial charge in [0.25, 0.3) is 0 Å². The van der Waals surface area contributed by atoms with Gasteiger partial charge < -0.3 is 10.4 Å². The first-order chi connectivity index (χ1) is 7.84. The number of nitrogens with one attached hydrogen (secondary N) is 1. The maximum absolute atomic E-state index is 9.94. The van der Waals surface area contributed by atoms with Gasteiger partial charge in [0.1, 0.15) is 5.75 Å². The summed E-state index contributed by atoms with van der Waals surface area (Å²) in [5.41, 5.74) is 1.24. The fourth-order valence-electron chi connectivity index (χ4n) is 2.36. The van der Waals surface area contributed by atoms with Crippen molar-refractivity contribution in [2.45, 2.75) is 18.9 Å². The van der Waals surface area contributed by atoms with E-state index in [0.29, 0.717) is 11.8 Å². The van der Waals surface area contributed by atoms with Crippen LogP contribution in [0.4, 0.5) is 0 Å². The minimum atomic E-state index is 0.396. The first kappa shape index (κ1) is 9.67. The van der Waals surface area contributed by atoms with Crippen molar-refractivity contribution in [2.24, 2.45) is 0 Å². The number of aromatic hydroxyl groups is 1. The molecule has 0 saturated carbocycles. The molecule has 0 amide bonds. The Bertz CT molecular complexity index is 512. The number of benzene rings is 2. The van der Waals surface area contributed by atoms with Crippen LogP contribution in [0.25, 0.3) is 10.8 Å². The molecule has 2 heteroatoms. The van der Waals surface area contributed by atoms with Crippen LogP contribution in [0, 0.1) is 0 Å².